The lowest BCUT2D eigenvalue weighted by Crippen LogP contribution is -2.28. The molecule has 0 radical (unpaired) electrons. The molecule has 4 N–H and O–H groups in total. The molecule has 2 aliphatic rings. The molecule has 0 saturated heterocycles. The van der Waals surface area contributed by atoms with E-state index in [1.807, 2.05) is 12.1 Å². The van der Waals surface area contributed by atoms with Gasteiger partial charge in [0.2, 0.25) is 0 Å². The lowest BCUT2D eigenvalue weighted by atomic mass is 9.93. The number of carbonyl (C=O) groups is 1. The fourth-order valence-electron chi connectivity index (χ4n) is 4.94. The first-order valence-electron chi connectivity index (χ1n) is 14.6. The molecule has 0 atom stereocenters. The van der Waals surface area contributed by atoms with E-state index in [4.69, 9.17) is 34.8 Å². The Balaban J connectivity index is 0.000000172. The van der Waals surface area contributed by atoms with Crippen molar-refractivity contribution in [3.05, 3.63) is 82.5 Å². The molecule has 45 heavy (non-hydrogen) atoms. The molecule has 4 aromatic rings. The summed E-state index contributed by atoms with van der Waals surface area (Å²) in [6.07, 6.45) is 17.1. The molecule has 3 heterocycles. The zero-order chi connectivity index (χ0) is 32.0. The molecule has 2 fully saturated rings. The van der Waals surface area contributed by atoms with Crippen molar-refractivity contribution in [2.45, 2.75) is 75.7 Å². The van der Waals surface area contributed by atoms with Crippen molar-refractivity contribution in [3.8, 4) is 11.3 Å². The molecule has 2 aliphatic carbocycles. The number of aliphatic hydroxyl groups excluding tert-OH is 2. The Labute approximate surface area is 276 Å². The van der Waals surface area contributed by atoms with Crippen LogP contribution in [0.4, 0.5) is 11.6 Å². The molecule has 0 aliphatic heterocycles. The van der Waals surface area contributed by atoms with Crippen LogP contribution in [0.25, 0.3) is 11.3 Å². The van der Waals surface area contributed by atoms with Gasteiger partial charge in [-0.15, -0.1) is 0 Å². The average Bonchev–Trinajstić information content (AvgIpc) is 3.04. The monoisotopic (exact) mass is 672 g/mol. The molecule has 3 aromatic heterocycles. The van der Waals surface area contributed by atoms with Crippen LogP contribution in [0.3, 0.4) is 0 Å². The van der Waals surface area contributed by atoms with Gasteiger partial charge >= 0.3 is 0 Å². The maximum atomic E-state index is 10.9. The molecular weight excluding hydrogens is 639 g/mol. The van der Waals surface area contributed by atoms with E-state index in [2.05, 4.69) is 40.5 Å². The minimum Gasteiger partial charge on any atom is -0.393 e. The Morgan fingerprint density at radius 2 is 1.13 bits per heavy atom. The van der Waals surface area contributed by atoms with Gasteiger partial charge in [0.05, 0.1) is 55.1 Å². The summed E-state index contributed by atoms with van der Waals surface area (Å²) in [6, 6.07) is 8.02. The summed E-state index contributed by atoms with van der Waals surface area (Å²) in [5, 5.41) is 26.6. The van der Waals surface area contributed by atoms with E-state index >= 15 is 0 Å². The van der Waals surface area contributed by atoms with Crippen LogP contribution in [0.5, 0.6) is 0 Å². The molecule has 6 rings (SSSR count). The van der Waals surface area contributed by atoms with Gasteiger partial charge in [-0.2, -0.15) is 0 Å². The smallest absolute Gasteiger partial charge is 0.150 e. The van der Waals surface area contributed by atoms with Crippen molar-refractivity contribution in [2.24, 2.45) is 0 Å². The van der Waals surface area contributed by atoms with Gasteiger partial charge in [-0.1, -0.05) is 53.0 Å². The Hall–Kier alpha value is -3.48. The molecule has 0 amide bonds. The standard InChI is InChI=1S/C17H19N3O2.C10H14ClN3O.C4H2Cl2N2/c21-11-12-2-1-3-13(8-12)16-9-18-10-17(20-16)19-14-4-6-15(22)7-5-14;11-9-5-12-6-10(14-9)13-7-1-3-8(15)4-2-7;5-3-1-7-2-4(6)8-3/h1-3,8-11,14-15,22H,4-7H2,(H,19,20);5-8,15H,1-4H2,(H,13,14);1-2H. The maximum Gasteiger partial charge on any atom is 0.150 e. The van der Waals surface area contributed by atoms with E-state index in [-0.39, 0.29) is 12.2 Å². The highest BCUT2D eigenvalue weighted by Gasteiger charge is 2.20. The molecule has 0 bridgehead atoms. The van der Waals surface area contributed by atoms with Crippen molar-refractivity contribution in [1.82, 2.24) is 29.9 Å². The highest BCUT2D eigenvalue weighted by atomic mass is 35.5. The summed E-state index contributed by atoms with van der Waals surface area (Å²) in [4.78, 5) is 35.1. The van der Waals surface area contributed by atoms with E-state index in [0.29, 0.717) is 38.9 Å². The third kappa shape index (κ3) is 12.1. The third-order valence-corrected chi connectivity index (χ3v) is 7.78. The summed E-state index contributed by atoms with van der Waals surface area (Å²) < 4.78 is 0. The number of aliphatic hydroxyl groups is 2. The predicted molar refractivity (Wildman–Crippen MR) is 176 cm³/mol. The maximum absolute atomic E-state index is 10.9. The number of aromatic nitrogens is 6. The average molecular weight is 674 g/mol. The molecule has 238 valence electrons. The molecule has 2 saturated carbocycles. The first-order valence-corrected chi connectivity index (χ1v) is 15.8. The highest BCUT2D eigenvalue weighted by molar-refractivity contribution is 6.32. The quantitative estimate of drug-likeness (QED) is 0.170. The summed E-state index contributed by atoms with van der Waals surface area (Å²) in [5.41, 5.74) is 2.24. The van der Waals surface area contributed by atoms with Gasteiger partial charge in [0.15, 0.2) is 0 Å². The minimum absolute atomic E-state index is 0.131. The van der Waals surface area contributed by atoms with Crippen molar-refractivity contribution in [3.63, 3.8) is 0 Å². The number of hydrogen-bond donors (Lipinski definition) is 4. The van der Waals surface area contributed by atoms with Crippen LogP contribution in [0.15, 0.2) is 61.4 Å². The largest absolute Gasteiger partial charge is 0.393 e. The molecule has 0 unspecified atom stereocenters. The number of carbonyl (C=O) groups excluding carboxylic acids is 1. The number of aldehydes is 1. The van der Waals surface area contributed by atoms with E-state index < -0.39 is 0 Å². The molecule has 14 heteroatoms. The van der Waals surface area contributed by atoms with E-state index in [0.717, 1.165) is 74.7 Å². The van der Waals surface area contributed by atoms with Gasteiger partial charge in [0.25, 0.3) is 0 Å². The van der Waals surface area contributed by atoms with Crippen molar-refractivity contribution >= 4 is 52.7 Å². The van der Waals surface area contributed by atoms with Crippen LogP contribution >= 0.6 is 34.8 Å². The molecular formula is C31H35Cl3N8O3. The summed E-state index contributed by atoms with van der Waals surface area (Å²) in [6.45, 7) is 0. The second-order valence-electron chi connectivity index (χ2n) is 10.7. The van der Waals surface area contributed by atoms with E-state index in [1.54, 1.807) is 30.7 Å². The Morgan fingerprint density at radius 3 is 1.62 bits per heavy atom. The number of rotatable bonds is 6. The zero-order valence-corrected chi connectivity index (χ0v) is 26.7. The van der Waals surface area contributed by atoms with Crippen LogP contribution in [-0.2, 0) is 0 Å². The summed E-state index contributed by atoms with van der Waals surface area (Å²) in [7, 11) is 0. The van der Waals surface area contributed by atoms with Gasteiger partial charge in [-0.3, -0.25) is 19.7 Å². The topological polar surface area (TPSA) is 159 Å². The first kappa shape index (κ1) is 34.4. The fraction of sp³-hybridized carbons (Fsp3) is 0.387. The van der Waals surface area contributed by atoms with Crippen LogP contribution < -0.4 is 10.6 Å². The minimum atomic E-state index is -0.165. The van der Waals surface area contributed by atoms with Gasteiger partial charge in [0, 0.05) is 23.2 Å². The lowest BCUT2D eigenvalue weighted by Gasteiger charge is -2.26. The van der Waals surface area contributed by atoms with E-state index in [9.17, 15) is 15.0 Å². The normalized spacial score (nSPS) is 20.8. The zero-order valence-electron chi connectivity index (χ0n) is 24.4. The Bertz CT molecular complexity index is 1490. The summed E-state index contributed by atoms with van der Waals surface area (Å²) in [5.74, 6) is 1.44. The van der Waals surface area contributed by atoms with Crippen LogP contribution in [0.1, 0.15) is 61.7 Å². The third-order valence-electron chi connectivity index (χ3n) is 7.23. The fourth-order valence-corrected chi connectivity index (χ4v) is 5.42. The van der Waals surface area contributed by atoms with Gasteiger partial charge in [-0.05, 0) is 57.4 Å². The Kier molecular flexibility index (Phi) is 13.7. The predicted octanol–water partition coefficient (Wildman–Crippen LogP) is 6.30. The SMILES string of the molecule is Clc1cncc(Cl)n1.O=Cc1cccc(-c2cncc(NC3CCC(O)CC3)n2)c1.OC1CCC(Nc2cncc(Cl)n2)CC1. The second kappa shape index (κ2) is 17.9. The Morgan fingerprint density at radius 1 is 0.644 bits per heavy atom. The number of hydrogen-bond acceptors (Lipinski definition) is 11. The van der Waals surface area contributed by atoms with Crippen molar-refractivity contribution in [2.75, 3.05) is 10.6 Å². The van der Waals surface area contributed by atoms with Crippen LogP contribution in [0.2, 0.25) is 15.5 Å². The number of nitrogens with zero attached hydrogens (tertiary/aromatic N) is 6. The number of benzene rings is 1. The van der Waals surface area contributed by atoms with Crippen molar-refractivity contribution < 1.29 is 15.0 Å². The van der Waals surface area contributed by atoms with Crippen LogP contribution in [-0.4, -0.2) is 70.7 Å². The molecule has 0 spiro atoms. The van der Waals surface area contributed by atoms with Gasteiger partial charge in [-0.25, -0.2) is 15.0 Å². The lowest BCUT2D eigenvalue weighted by molar-refractivity contribution is 0.112. The van der Waals surface area contributed by atoms with E-state index in [1.165, 1.54) is 18.6 Å². The van der Waals surface area contributed by atoms with Gasteiger partial charge in [0.1, 0.15) is 33.4 Å². The number of nitrogens with one attached hydrogen (secondary N) is 2. The van der Waals surface area contributed by atoms with Crippen LogP contribution in [0, 0.1) is 0 Å². The van der Waals surface area contributed by atoms with Gasteiger partial charge < -0.3 is 20.8 Å². The summed E-state index contributed by atoms with van der Waals surface area (Å²) >= 11 is 16.5. The second-order valence-corrected chi connectivity index (χ2v) is 11.9. The molecule has 1 aromatic carbocycles. The molecule has 11 nitrogen and oxygen atoms in total. The number of halogens is 3. The first-order chi connectivity index (χ1) is 21.8. The van der Waals surface area contributed by atoms with Crippen molar-refractivity contribution in [1.29, 1.82) is 0 Å². The highest BCUT2D eigenvalue weighted by Crippen LogP contribution is 2.24. The number of anilines is 2.